The largest absolute Gasteiger partial charge is 0.496 e. The molecule has 0 N–H and O–H groups in total. The summed E-state index contributed by atoms with van der Waals surface area (Å²) in [5, 5.41) is 0. The minimum atomic E-state index is -3.82. The van der Waals surface area contributed by atoms with E-state index in [9.17, 15) is 8.42 Å². The van der Waals surface area contributed by atoms with Gasteiger partial charge in [0.25, 0.3) is 10.1 Å². The predicted octanol–water partition coefficient (Wildman–Crippen LogP) is 4.84. The van der Waals surface area contributed by atoms with Gasteiger partial charge in [0.05, 0.1) is 18.6 Å². The van der Waals surface area contributed by atoms with Gasteiger partial charge in [-0.15, -0.1) is 0 Å². The van der Waals surface area contributed by atoms with Crippen molar-refractivity contribution in [1.29, 1.82) is 0 Å². The van der Waals surface area contributed by atoms with Crippen molar-refractivity contribution in [3.63, 3.8) is 0 Å². The van der Waals surface area contributed by atoms with Crippen molar-refractivity contribution in [1.82, 2.24) is 0 Å². The Morgan fingerprint density at radius 1 is 0.929 bits per heavy atom. The van der Waals surface area contributed by atoms with Gasteiger partial charge < -0.3 is 4.74 Å². The van der Waals surface area contributed by atoms with Crippen LogP contribution in [-0.2, 0) is 14.3 Å². The van der Waals surface area contributed by atoms with E-state index in [0.717, 1.165) is 22.3 Å². The molecule has 0 radical (unpaired) electrons. The van der Waals surface area contributed by atoms with Crippen LogP contribution in [0.1, 0.15) is 16.7 Å². The fraction of sp³-hybridized carbons (Fsp3) is 0.130. The number of benzene rings is 3. The maximum absolute atomic E-state index is 12.4. The predicted molar refractivity (Wildman–Crippen MR) is 111 cm³/mol. The number of ether oxygens (including phenoxy) is 1. The zero-order valence-electron chi connectivity index (χ0n) is 15.8. The molecule has 0 aliphatic heterocycles. The molecule has 0 fully saturated rings. The summed E-state index contributed by atoms with van der Waals surface area (Å²) < 4.78 is 35.5. The van der Waals surface area contributed by atoms with Gasteiger partial charge in [0.15, 0.2) is 0 Å². The van der Waals surface area contributed by atoms with Crippen LogP contribution < -0.4 is 4.74 Å². The molecule has 0 aliphatic carbocycles. The first kappa shape index (κ1) is 19.9. The third-order valence-electron chi connectivity index (χ3n) is 4.27. The number of hydrogen-bond acceptors (Lipinski definition) is 4. The van der Waals surface area contributed by atoms with Crippen molar-refractivity contribution in [2.75, 3.05) is 13.7 Å². The minimum absolute atomic E-state index is 0.0848. The van der Waals surface area contributed by atoms with Gasteiger partial charge in [0.1, 0.15) is 5.75 Å². The Hall–Kier alpha value is -2.89. The summed E-state index contributed by atoms with van der Waals surface area (Å²) in [4.78, 5) is 0.137. The molecule has 4 nitrogen and oxygen atoms in total. The van der Waals surface area contributed by atoms with Gasteiger partial charge in [0.2, 0.25) is 0 Å². The molecule has 5 heteroatoms. The van der Waals surface area contributed by atoms with E-state index in [2.05, 4.69) is 0 Å². The topological polar surface area (TPSA) is 52.6 Å². The lowest BCUT2D eigenvalue weighted by Gasteiger charge is -2.14. The van der Waals surface area contributed by atoms with E-state index in [0.29, 0.717) is 5.75 Å². The van der Waals surface area contributed by atoms with Gasteiger partial charge >= 0.3 is 0 Å². The second-order valence-corrected chi connectivity index (χ2v) is 7.85. The Balaban J connectivity index is 1.96. The quantitative estimate of drug-likeness (QED) is 0.538. The number of hydrogen-bond donors (Lipinski definition) is 0. The van der Waals surface area contributed by atoms with E-state index >= 15 is 0 Å². The lowest BCUT2D eigenvalue weighted by Crippen LogP contribution is -2.07. The molecule has 0 saturated heterocycles. The van der Waals surface area contributed by atoms with Gasteiger partial charge in [0, 0.05) is 5.56 Å². The maximum Gasteiger partial charge on any atom is 0.297 e. The highest BCUT2D eigenvalue weighted by Crippen LogP contribution is 2.32. The molecule has 0 spiro atoms. The van der Waals surface area contributed by atoms with Crippen LogP contribution in [0.25, 0.3) is 5.57 Å². The summed E-state index contributed by atoms with van der Waals surface area (Å²) in [6.45, 7) is 1.92. The molecule has 0 amide bonds. The van der Waals surface area contributed by atoms with Crippen LogP contribution >= 0.6 is 0 Å². The van der Waals surface area contributed by atoms with Gasteiger partial charge in [-0.2, -0.15) is 8.42 Å². The molecule has 3 aromatic rings. The Morgan fingerprint density at radius 3 is 2.21 bits per heavy atom. The number of aryl methyl sites for hydroxylation is 1. The molecule has 3 rings (SSSR count). The second kappa shape index (κ2) is 8.87. The van der Waals surface area contributed by atoms with Crippen LogP contribution in [0.4, 0.5) is 0 Å². The molecule has 144 valence electrons. The van der Waals surface area contributed by atoms with Crippen LogP contribution in [0.3, 0.4) is 0 Å². The molecule has 0 saturated carbocycles. The molecule has 0 bridgehead atoms. The van der Waals surface area contributed by atoms with Crippen molar-refractivity contribution in [3.8, 4) is 5.75 Å². The second-order valence-electron chi connectivity index (χ2n) is 6.24. The van der Waals surface area contributed by atoms with E-state index in [1.165, 1.54) is 12.1 Å². The summed E-state index contributed by atoms with van der Waals surface area (Å²) in [6.07, 6.45) is 1.77. The average Bonchev–Trinajstić information content (AvgIpc) is 2.72. The first-order valence-electron chi connectivity index (χ1n) is 8.86. The molecule has 3 aromatic carbocycles. The third kappa shape index (κ3) is 4.68. The molecule has 0 aromatic heterocycles. The average molecular weight is 394 g/mol. The fourth-order valence-electron chi connectivity index (χ4n) is 2.90. The van der Waals surface area contributed by atoms with Gasteiger partial charge in [-0.3, -0.25) is 4.18 Å². The molecular formula is C23H22O4S. The third-order valence-corrected chi connectivity index (χ3v) is 5.57. The Labute approximate surface area is 166 Å². The highest BCUT2D eigenvalue weighted by atomic mass is 32.2. The summed E-state index contributed by atoms with van der Waals surface area (Å²) in [5.41, 5.74) is 3.77. The van der Waals surface area contributed by atoms with Crippen LogP contribution in [0, 0.1) is 6.92 Å². The lowest BCUT2D eigenvalue weighted by molar-refractivity contribution is 0.357. The van der Waals surface area contributed by atoms with Gasteiger partial charge in [-0.1, -0.05) is 60.2 Å². The Morgan fingerprint density at radius 2 is 1.57 bits per heavy atom. The molecule has 0 aliphatic rings. The lowest BCUT2D eigenvalue weighted by atomic mass is 9.95. The minimum Gasteiger partial charge on any atom is -0.496 e. The van der Waals surface area contributed by atoms with Crippen molar-refractivity contribution in [3.05, 3.63) is 102 Å². The van der Waals surface area contributed by atoms with E-state index < -0.39 is 10.1 Å². The summed E-state index contributed by atoms with van der Waals surface area (Å²) >= 11 is 0. The van der Waals surface area contributed by atoms with E-state index in [1.807, 2.05) is 55.5 Å². The summed E-state index contributed by atoms with van der Waals surface area (Å²) in [6, 6.07) is 23.8. The molecule has 0 unspecified atom stereocenters. The summed E-state index contributed by atoms with van der Waals surface area (Å²) in [7, 11) is -2.20. The molecule has 28 heavy (non-hydrogen) atoms. The van der Waals surface area contributed by atoms with E-state index in [1.54, 1.807) is 31.4 Å². The smallest absolute Gasteiger partial charge is 0.297 e. The number of rotatable bonds is 7. The van der Waals surface area contributed by atoms with Crippen molar-refractivity contribution in [2.45, 2.75) is 11.8 Å². The summed E-state index contributed by atoms with van der Waals surface area (Å²) in [5.74, 6) is 0.714. The Kier molecular flexibility index (Phi) is 6.29. The first-order chi connectivity index (χ1) is 13.5. The molecule has 0 atom stereocenters. The Bertz CT molecular complexity index is 1060. The number of methoxy groups -OCH3 is 1. The van der Waals surface area contributed by atoms with Crippen molar-refractivity contribution in [2.24, 2.45) is 0 Å². The van der Waals surface area contributed by atoms with Crippen LogP contribution in [0.5, 0.6) is 5.75 Å². The standard InChI is InChI=1S/C23H22O4S/c1-18-13-14-23(26-2)22(17-18)21(19-9-5-3-6-10-19)15-16-27-28(24,25)20-11-7-4-8-12-20/h3-15,17H,16H2,1-2H3. The van der Waals surface area contributed by atoms with Crippen molar-refractivity contribution < 1.29 is 17.3 Å². The molecule has 0 heterocycles. The zero-order chi connectivity index (χ0) is 20.0. The van der Waals surface area contributed by atoms with Crippen LogP contribution in [0.2, 0.25) is 0 Å². The van der Waals surface area contributed by atoms with Gasteiger partial charge in [-0.25, -0.2) is 0 Å². The van der Waals surface area contributed by atoms with Crippen LogP contribution in [0.15, 0.2) is 89.8 Å². The maximum atomic E-state index is 12.4. The van der Waals surface area contributed by atoms with Crippen LogP contribution in [-0.4, -0.2) is 22.1 Å². The SMILES string of the molecule is COc1ccc(C)cc1C(=CCOS(=O)(=O)c1ccccc1)c1ccccc1. The first-order valence-corrected chi connectivity index (χ1v) is 10.3. The van der Waals surface area contributed by atoms with Crippen molar-refractivity contribution >= 4 is 15.7 Å². The monoisotopic (exact) mass is 394 g/mol. The van der Waals surface area contributed by atoms with Gasteiger partial charge in [-0.05, 0) is 48.4 Å². The molecular weight excluding hydrogens is 372 g/mol. The highest BCUT2D eigenvalue weighted by Gasteiger charge is 2.15. The van der Waals surface area contributed by atoms with E-state index in [4.69, 9.17) is 8.92 Å². The highest BCUT2D eigenvalue weighted by molar-refractivity contribution is 7.86. The fourth-order valence-corrected chi connectivity index (χ4v) is 3.77. The van der Waals surface area contributed by atoms with E-state index in [-0.39, 0.29) is 11.5 Å². The zero-order valence-corrected chi connectivity index (χ0v) is 16.6. The normalized spacial score (nSPS) is 12.0.